The summed E-state index contributed by atoms with van der Waals surface area (Å²) in [5.74, 6) is -0.826. The number of hydrogen-bond donors (Lipinski definition) is 2. The van der Waals surface area contributed by atoms with Crippen molar-refractivity contribution in [1.29, 1.82) is 0 Å². The summed E-state index contributed by atoms with van der Waals surface area (Å²) in [5.41, 5.74) is 1.02. The minimum Gasteiger partial charge on any atom is -0.406 e. The van der Waals surface area contributed by atoms with Crippen LogP contribution in [0.2, 0.25) is 0 Å². The van der Waals surface area contributed by atoms with Gasteiger partial charge in [-0.25, -0.2) is 0 Å². The lowest BCUT2D eigenvalue weighted by atomic mass is 10.3. The molecule has 0 aliphatic carbocycles. The molecule has 9 heteroatoms. The molecule has 0 spiro atoms. The van der Waals surface area contributed by atoms with Gasteiger partial charge >= 0.3 is 6.36 Å². The van der Waals surface area contributed by atoms with Crippen LogP contribution >= 0.6 is 11.8 Å². The van der Waals surface area contributed by atoms with Gasteiger partial charge in [0.05, 0.1) is 5.25 Å². The van der Waals surface area contributed by atoms with Crippen LogP contribution in [0.4, 0.5) is 24.5 Å². The summed E-state index contributed by atoms with van der Waals surface area (Å²) < 4.78 is 40.2. The van der Waals surface area contributed by atoms with Crippen LogP contribution in [0, 0.1) is 0 Å². The Hall–Kier alpha value is -2.68. The minimum atomic E-state index is -4.76. The van der Waals surface area contributed by atoms with Crippen LogP contribution in [0.3, 0.4) is 0 Å². The summed E-state index contributed by atoms with van der Waals surface area (Å²) >= 11 is 1.31. The number of carbonyl (C=O) groups excluding carboxylic acids is 2. The highest BCUT2D eigenvalue weighted by atomic mass is 32.2. The van der Waals surface area contributed by atoms with Crippen molar-refractivity contribution >= 4 is 35.0 Å². The van der Waals surface area contributed by atoms with Crippen molar-refractivity contribution in [1.82, 2.24) is 0 Å². The maximum absolute atomic E-state index is 12.2. The monoisotopic (exact) mass is 398 g/mol. The van der Waals surface area contributed by atoms with E-state index in [1.54, 1.807) is 31.2 Å². The normalized spacial score (nSPS) is 12.2. The molecule has 0 saturated heterocycles. The van der Waals surface area contributed by atoms with Gasteiger partial charge in [0.2, 0.25) is 11.8 Å². The SMILES string of the molecule is CC(=O)Nc1ccc(S[C@@H](C)C(=O)Nc2ccc(OC(F)(F)F)cc2)cc1. The fourth-order valence-electron chi connectivity index (χ4n) is 2.06. The first-order valence-electron chi connectivity index (χ1n) is 7.83. The lowest BCUT2D eigenvalue weighted by Gasteiger charge is -2.13. The first-order chi connectivity index (χ1) is 12.6. The lowest BCUT2D eigenvalue weighted by molar-refractivity contribution is -0.274. The third-order valence-electron chi connectivity index (χ3n) is 3.21. The van der Waals surface area contributed by atoms with Gasteiger partial charge in [-0.05, 0) is 55.5 Å². The summed E-state index contributed by atoms with van der Waals surface area (Å²) in [6.07, 6.45) is -4.76. The Morgan fingerprint density at radius 2 is 1.48 bits per heavy atom. The Morgan fingerprint density at radius 3 is 2.00 bits per heavy atom. The first kappa shape index (κ1) is 20.6. The zero-order chi connectivity index (χ0) is 20.0. The fraction of sp³-hybridized carbons (Fsp3) is 0.222. The largest absolute Gasteiger partial charge is 0.573 e. The molecule has 0 aliphatic rings. The molecule has 0 saturated carbocycles. The van der Waals surface area contributed by atoms with Crippen molar-refractivity contribution in [2.75, 3.05) is 10.6 Å². The van der Waals surface area contributed by atoms with Crippen LogP contribution in [0.15, 0.2) is 53.4 Å². The summed E-state index contributed by atoms with van der Waals surface area (Å²) in [7, 11) is 0. The first-order valence-corrected chi connectivity index (χ1v) is 8.71. The molecule has 0 bridgehead atoms. The average Bonchev–Trinajstić information content (AvgIpc) is 2.56. The number of alkyl halides is 3. The van der Waals surface area contributed by atoms with Gasteiger partial charge in [-0.2, -0.15) is 0 Å². The zero-order valence-corrected chi connectivity index (χ0v) is 15.3. The van der Waals surface area contributed by atoms with Crippen LogP contribution in [0.1, 0.15) is 13.8 Å². The second-order valence-electron chi connectivity index (χ2n) is 5.53. The second-order valence-corrected chi connectivity index (χ2v) is 6.94. The van der Waals surface area contributed by atoms with Crippen molar-refractivity contribution in [2.45, 2.75) is 30.4 Å². The smallest absolute Gasteiger partial charge is 0.406 e. The molecule has 1 atom stereocenters. The highest BCUT2D eigenvalue weighted by Crippen LogP contribution is 2.27. The van der Waals surface area contributed by atoms with E-state index in [0.29, 0.717) is 11.4 Å². The molecule has 2 aromatic rings. The zero-order valence-electron chi connectivity index (χ0n) is 14.5. The number of amides is 2. The summed E-state index contributed by atoms with van der Waals surface area (Å²) in [4.78, 5) is 24.1. The topological polar surface area (TPSA) is 67.4 Å². The van der Waals surface area contributed by atoms with Crippen LogP contribution < -0.4 is 15.4 Å². The molecule has 144 valence electrons. The van der Waals surface area contributed by atoms with E-state index in [1.165, 1.54) is 30.8 Å². The number of benzene rings is 2. The molecule has 0 unspecified atom stereocenters. The molecule has 27 heavy (non-hydrogen) atoms. The van der Waals surface area contributed by atoms with Crippen LogP contribution in [0.25, 0.3) is 0 Å². The molecular formula is C18H17F3N2O3S. The van der Waals surface area contributed by atoms with Crippen molar-refractivity contribution in [3.8, 4) is 5.75 Å². The van der Waals surface area contributed by atoms with Gasteiger partial charge in [-0.15, -0.1) is 24.9 Å². The van der Waals surface area contributed by atoms with Gasteiger partial charge < -0.3 is 15.4 Å². The van der Waals surface area contributed by atoms with Gasteiger partial charge in [0.1, 0.15) is 5.75 Å². The molecule has 5 nitrogen and oxygen atoms in total. The number of hydrogen-bond acceptors (Lipinski definition) is 4. The van der Waals surface area contributed by atoms with E-state index < -0.39 is 11.6 Å². The van der Waals surface area contributed by atoms with Gasteiger partial charge in [0.15, 0.2) is 0 Å². The maximum Gasteiger partial charge on any atom is 0.573 e. The molecule has 0 aromatic heterocycles. The van der Waals surface area contributed by atoms with Crippen LogP contribution in [-0.4, -0.2) is 23.4 Å². The number of nitrogens with one attached hydrogen (secondary N) is 2. The third kappa shape index (κ3) is 7.22. The number of rotatable bonds is 6. The Morgan fingerprint density at radius 1 is 0.963 bits per heavy atom. The molecule has 0 heterocycles. The summed E-state index contributed by atoms with van der Waals surface area (Å²) in [5, 5.41) is 4.85. The lowest BCUT2D eigenvalue weighted by Crippen LogP contribution is -2.22. The quantitative estimate of drug-likeness (QED) is 0.695. The molecule has 0 aliphatic heterocycles. The predicted molar refractivity (Wildman–Crippen MR) is 97.8 cm³/mol. The average molecular weight is 398 g/mol. The maximum atomic E-state index is 12.2. The number of thioether (sulfide) groups is 1. The highest BCUT2D eigenvalue weighted by Gasteiger charge is 2.31. The Bertz CT molecular complexity index is 793. The summed E-state index contributed by atoms with van der Waals surface area (Å²) in [6.45, 7) is 3.12. The Kier molecular flexibility index (Phi) is 6.73. The number of halogens is 3. The summed E-state index contributed by atoms with van der Waals surface area (Å²) in [6, 6.07) is 11.9. The Labute approximate surface area is 158 Å². The van der Waals surface area contributed by atoms with E-state index in [0.717, 1.165) is 17.0 Å². The van der Waals surface area contributed by atoms with Crippen molar-refractivity contribution < 1.29 is 27.5 Å². The van der Waals surface area contributed by atoms with E-state index in [-0.39, 0.29) is 17.6 Å². The van der Waals surface area contributed by atoms with Crippen molar-refractivity contribution in [2.24, 2.45) is 0 Å². The number of anilines is 2. The van der Waals surface area contributed by atoms with E-state index in [4.69, 9.17) is 0 Å². The molecular weight excluding hydrogens is 381 g/mol. The van der Waals surface area contributed by atoms with Gasteiger partial charge in [0.25, 0.3) is 0 Å². The molecule has 0 radical (unpaired) electrons. The van der Waals surface area contributed by atoms with Crippen LogP contribution in [-0.2, 0) is 9.59 Å². The molecule has 0 fully saturated rings. The molecule has 2 N–H and O–H groups in total. The van der Waals surface area contributed by atoms with Crippen LogP contribution in [0.5, 0.6) is 5.75 Å². The number of ether oxygens (including phenoxy) is 1. The third-order valence-corrected chi connectivity index (χ3v) is 4.32. The van der Waals surface area contributed by atoms with E-state index in [1.807, 2.05) is 0 Å². The van der Waals surface area contributed by atoms with Gasteiger partial charge in [-0.3, -0.25) is 9.59 Å². The standard InChI is InChI=1S/C18H17F3N2O3S/c1-11(27-16-9-5-13(6-10-16)22-12(2)24)17(25)23-14-3-7-15(8-4-14)26-18(19,20)21/h3-11H,1-2H3,(H,22,24)(H,23,25)/t11-/m0/s1. The minimum absolute atomic E-state index is 0.171. The van der Waals surface area contributed by atoms with Crippen molar-refractivity contribution in [3.05, 3.63) is 48.5 Å². The van der Waals surface area contributed by atoms with Gasteiger partial charge in [-0.1, -0.05) is 0 Å². The van der Waals surface area contributed by atoms with Crippen molar-refractivity contribution in [3.63, 3.8) is 0 Å². The van der Waals surface area contributed by atoms with Gasteiger partial charge in [0, 0.05) is 23.2 Å². The van der Waals surface area contributed by atoms with E-state index in [2.05, 4.69) is 15.4 Å². The fourth-order valence-corrected chi connectivity index (χ4v) is 2.93. The number of carbonyl (C=O) groups is 2. The second kappa shape index (κ2) is 8.81. The molecule has 2 rings (SSSR count). The molecule has 2 aromatic carbocycles. The highest BCUT2D eigenvalue weighted by molar-refractivity contribution is 8.00. The predicted octanol–water partition coefficient (Wildman–Crippen LogP) is 4.66. The Balaban J connectivity index is 1.90. The van der Waals surface area contributed by atoms with E-state index in [9.17, 15) is 22.8 Å². The molecule has 2 amide bonds. The van der Waals surface area contributed by atoms with E-state index >= 15 is 0 Å².